The minimum absolute atomic E-state index is 0.190. The molecule has 0 N–H and O–H groups in total. The fourth-order valence-corrected chi connectivity index (χ4v) is 1.40. The van der Waals surface area contributed by atoms with Crippen LogP contribution in [0.3, 0.4) is 0 Å². The molecule has 1 rings (SSSR count). The van der Waals surface area contributed by atoms with Crippen molar-refractivity contribution < 1.29 is 14.3 Å². The van der Waals surface area contributed by atoms with Gasteiger partial charge in [-0.1, -0.05) is 0 Å². The molecule has 0 amide bonds. The molecule has 0 heterocycles. The van der Waals surface area contributed by atoms with E-state index >= 15 is 0 Å². The van der Waals surface area contributed by atoms with Crippen LogP contribution in [0, 0.1) is 11.3 Å². The first-order valence-electron chi connectivity index (χ1n) is 3.67. The monoisotopic (exact) mass is 156 g/mol. The average molecular weight is 156 g/mol. The maximum Gasteiger partial charge on any atom is 0.311 e. The maximum absolute atomic E-state index is 11.0. The molecule has 0 spiro atoms. The maximum atomic E-state index is 11.0. The molecule has 1 aliphatic carbocycles. The van der Waals surface area contributed by atoms with Crippen molar-refractivity contribution in [1.82, 2.24) is 0 Å². The Morgan fingerprint density at radius 2 is 2.45 bits per heavy atom. The van der Waals surface area contributed by atoms with Crippen molar-refractivity contribution in [3.05, 3.63) is 0 Å². The van der Waals surface area contributed by atoms with E-state index in [1.54, 1.807) is 0 Å². The highest BCUT2D eigenvalue weighted by Gasteiger charge is 2.56. The number of hydrogen-bond donors (Lipinski definition) is 0. The van der Waals surface area contributed by atoms with E-state index in [2.05, 4.69) is 4.74 Å². The Bertz CT molecular complexity index is 188. The minimum atomic E-state index is -0.365. The van der Waals surface area contributed by atoms with Crippen LogP contribution in [0.2, 0.25) is 0 Å². The van der Waals surface area contributed by atoms with E-state index in [9.17, 15) is 9.59 Å². The highest BCUT2D eigenvalue weighted by Crippen LogP contribution is 2.54. The molecule has 0 aromatic heterocycles. The standard InChI is InChI=1S/C8H12O3/c1-8(7(10)11-2)5-6(8)3-4-9/h4,6H,3,5H2,1-2H3/t6-,8+/m1/s1. The molecule has 0 radical (unpaired) electrons. The normalized spacial score (nSPS) is 34.5. The van der Waals surface area contributed by atoms with Gasteiger partial charge in [-0.3, -0.25) is 4.79 Å². The number of methoxy groups -OCH3 is 1. The minimum Gasteiger partial charge on any atom is -0.469 e. The summed E-state index contributed by atoms with van der Waals surface area (Å²) in [5.41, 5.74) is -0.365. The number of aldehydes is 1. The molecule has 0 unspecified atom stereocenters. The zero-order valence-corrected chi connectivity index (χ0v) is 6.79. The van der Waals surface area contributed by atoms with Crippen molar-refractivity contribution in [2.75, 3.05) is 7.11 Å². The average Bonchev–Trinajstić information content (AvgIpc) is 2.63. The largest absolute Gasteiger partial charge is 0.469 e. The molecule has 62 valence electrons. The first kappa shape index (κ1) is 8.24. The molecule has 1 aliphatic rings. The summed E-state index contributed by atoms with van der Waals surface area (Å²) in [6.45, 7) is 1.84. The second kappa shape index (κ2) is 2.64. The number of carbonyl (C=O) groups is 2. The Morgan fingerprint density at radius 3 is 2.91 bits per heavy atom. The number of rotatable bonds is 3. The van der Waals surface area contributed by atoms with Crippen molar-refractivity contribution >= 4 is 12.3 Å². The van der Waals surface area contributed by atoms with Gasteiger partial charge in [0.1, 0.15) is 6.29 Å². The highest BCUT2D eigenvalue weighted by molar-refractivity contribution is 5.80. The van der Waals surface area contributed by atoms with Gasteiger partial charge in [0.2, 0.25) is 0 Å². The van der Waals surface area contributed by atoms with Crippen molar-refractivity contribution in [2.45, 2.75) is 19.8 Å². The molecule has 0 aromatic carbocycles. The van der Waals surface area contributed by atoms with Crippen LogP contribution in [0.25, 0.3) is 0 Å². The van der Waals surface area contributed by atoms with Crippen LogP contribution in [-0.2, 0) is 14.3 Å². The lowest BCUT2D eigenvalue weighted by molar-refractivity contribution is -0.147. The molecule has 1 saturated carbocycles. The van der Waals surface area contributed by atoms with Crippen LogP contribution < -0.4 is 0 Å². The van der Waals surface area contributed by atoms with Crippen LogP contribution in [0.4, 0.5) is 0 Å². The van der Waals surface area contributed by atoms with E-state index in [1.165, 1.54) is 7.11 Å². The number of esters is 1. The van der Waals surface area contributed by atoms with Crippen LogP contribution in [0.1, 0.15) is 19.8 Å². The van der Waals surface area contributed by atoms with Crippen LogP contribution in [-0.4, -0.2) is 19.4 Å². The van der Waals surface area contributed by atoms with Gasteiger partial charge >= 0.3 is 5.97 Å². The molecule has 3 heteroatoms. The van der Waals surface area contributed by atoms with Gasteiger partial charge in [-0.2, -0.15) is 0 Å². The summed E-state index contributed by atoms with van der Waals surface area (Å²) in [6.07, 6.45) is 2.13. The third kappa shape index (κ3) is 1.27. The second-order valence-electron chi connectivity index (χ2n) is 3.21. The van der Waals surface area contributed by atoms with Crippen LogP contribution in [0.15, 0.2) is 0 Å². The Hall–Kier alpha value is -0.860. The van der Waals surface area contributed by atoms with Crippen molar-refractivity contribution in [3.63, 3.8) is 0 Å². The van der Waals surface area contributed by atoms with E-state index < -0.39 is 0 Å². The topological polar surface area (TPSA) is 43.4 Å². The zero-order chi connectivity index (χ0) is 8.48. The Kier molecular flexibility index (Phi) is 1.98. The van der Waals surface area contributed by atoms with Gasteiger partial charge in [0.15, 0.2) is 0 Å². The number of ether oxygens (including phenoxy) is 1. The molecule has 0 saturated heterocycles. The molecule has 0 aromatic rings. The Labute approximate surface area is 65.7 Å². The smallest absolute Gasteiger partial charge is 0.311 e. The fraction of sp³-hybridized carbons (Fsp3) is 0.750. The van der Waals surface area contributed by atoms with Gasteiger partial charge in [0.05, 0.1) is 12.5 Å². The Morgan fingerprint density at radius 1 is 1.82 bits per heavy atom. The SMILES string of the molecule is COC(=O)[C@@]1(C)C[C@H]1CC=O. The quantitative estimate of drug-likeness (QED) is 0.448. The first-order valence-corrected chi connectivity index (χ1v) is 3.67. The summed E-state index contributed by atoms with van der Waals surface area (Å²) in [5, 5.41) is 0. The van der Waals surface area contributed by atoms with Gasteiger partial charge in [-0.05, 0) is 19.3 Å². The third-order valence-corrected chi connectivity index (χ3v) is 2.44. The molecular weight excluding hydrogens is 144 g/mol. The summed E-state index contributed by atoms with van der Waals surface area (Å²) in [4.78, 5) is 21.1. The summed E-state index contributed by atoms with van der Waals surface area (Å²) in [7, 11) is 1.38. The molecule has 11 heavy (non-hydrogen) atoms. The third-order valence-electron chi connectivity index (χ3n) is 2.44. The van der Waals surface area contributed by atoms with Crippen molar-refractivity contribution in [1.29, 1.82) is 0 Å². The van der Waals surface area contributed by atoms with Crippen LogP contribution >= 0.6 is 0 Å². The lowest BCUT2D eigenvalue weighted by Gasteiger charge is -2.05. The van der Waals surface area contributed by atoms with Gasteiger partial charge in [-0.25, -0.2) is 0 Å². The van der Waals surface area contributed by atoms with E-state index in [0.29, 0.717) is 6.42 Å². The first-order chi connectivity index (χ1) is 5.15. The predicted molar refractivity (Wildman–Crippen MR) is 38.9 cm³/mol. The summed E-state index contributed by atoms with van der Waals surface area (Å²) in [6, 6.07) is 0. The summed E-state index contributed by atoms with van der Waals surface area (Å²) < 4.78 is 4.60. The number of carbonyl (C=O) groups excluding carboxylic acids is 2. The van der Waals surface area contributed by atoms with Gasteiger partial charge < -0.3 is 9.53 Å². The fourth-order valence-electron chi connectivity index (χ4n) is 1.40. The van der Waals surface area contributed by atoms with Crippen LogP contribution in [0.5, 0.6) is 0 Å². The van der Waals surface area contributed by atoms with Crippen molar-refractivity contribution in [2.24, 2.45) is 11.3 Å². The molecule has 0 bridgehead atoms. The highest BCUT2D eigenvalue weighted by atomic mass is 16.5. The van der Waals surface area contributed by atoms with E-state index in [-0.39, 0.29) is 17.3 Å². The summed E-state index contributed by atoms with van der Waals surface area (Å²) >= 11 is 0. The molecule has 3 nitrogen and oxygen atoms in total. The van der Waals surface area contributed by atoms with Gasteiger partial charge in [0.25, 0.3) is 0 Å². The Balaban J connectivity index is 2.48. The van der Waals surface area contributed by atoms with E-state index in [0.717, 1.165) is 12.7 Å². The van der Waals surface area contributed by atoms with Gasteiger partial charge in [0, 0.05) is 6.42 Å². The predicted octanol–water partition coefficient (Wildman–Crippen LogP) is 0.775. The van der Waals surface area contributed by atoms with Crippen molar-refractivity contribution in [3.8, 4) is 0 Å². The summed E-state index contributed by atoms with van der Waals surface area (Å²) in [5.74, 6) is 0.0248. The molecule has 0 aliphatic heterocycles. The molecule has 1 fully saturated rings. The molecule has 2 atom stereocenters. The van der Waals surface area contributed by atoms with Gasteiger partial charge in [-0.15, -0.1) is 0 Å². The zero-order valence-electron chi connectivity index (χ0n) is 6.79. The second-order valence-corrected chi connectivity index (χ2v) is 3.21. The lowest BCUT2D eigenvalue weighted by atomic mass is 10.1. The van der Waals surface area contributed by atoms with E-state index in [1.807, 2.05) is 6.92 Å². The van der Waals surface area contributed by atoms with E-state index in [4.69, 9.17) is 0 Å². The molecular formula is C8H12O3. The number of hydrogen-bond acceptors (Lipinski definition) is 3. The lowest BCUT2D eigenvalue weighted by Crippen LogP contribution is -2.16.